The van der Waals surface area contributed by atoms with Crippen LogP contribution >= 0.6 is 0 Å². The van der Waals surface area contributed by atoms with E-state index < -0.39 is 0 Å². The summed E-state index contributed by atoms with van der Waals surface area (Å²) in [6.07, 6.45) is 0. The van der Waals surface area contributed by atoms with Crippen LogP contribution < -0.4 is 10.5 Å². The first-order valence-corrected chi connectivity index (χ1v) is 6.96. The number of ether oxygens (including phenoxy) is 1. The molecule has 1 heterocycles. The molecule has 0 saturated heterocycles. The summed E-state index contributed by atoms with van der Waals surface area (Å²) in [6, 6.07) is 10.2. The van der Waals surface area contributed by atoms with Crippen LogP contribution in [-0.4, -0.2) is 4.98 Å². The van der Waals surface area contributed by atoms with Crippen LogP contribution in [0.25, 0.3) is 0 Å². The topological polar surface area (TPSA) is 48.1 Å². The van der Waals surface area contributed by atoms with Crippen molar-refractivity contribution >= 4 is 0 Å². The summed E-state index contributed by atoms with van der Waals surface area (Å²) in [6.45, 7) is 8.76. The molecule has 1 aromatic heterocycles. The van der Waals surface area contributed by atoms with E-state index >= 15 is 0 Å². The fourth-order valence-electron chi connectivity index (χ4n) is 2.21. The maximum atomic E-state index is 5.96. The molecule has 0 amide bonds. The Balaban J connectivity index is 2.37. The van der Waals surface area contributed by atoms with E-state index in [-0.39, 0.29) is 0 Å². The molecule has 20 heavy (non-hydrogen) atoms. The van der Waals surface area contributed by atoms with Gasteiger partial charge >= 0.3 is 0 Å². The highest BCUT2D eigenvalue weighted by molar-refractivity contribution is 5.40. The van der Waals surface area contributed by atoms with Crippen LogP contribution in [0, 0.1) is 13.8 Å². The molecule has 0 bridgehead atoms. The maximum absolute atomic E-state index is 5.96. The average Bonchev–Trinajstić information content (AvgIpc) is 2.38. The second-order valence-electron chi connectivity index (χ2n) is 5.40. The number of nitrogens with zero attached hydrogens (tertiary/aromatic N) is 1. The molecule has 1 aromatic carbocycles. The minimum atomic E-state index is 0.429. The van der Waals surface area contributed by atoms with Gasteiger partial charge in [-0.15, -0.1) is 0 Å². The molecule has 2 aromatic rings. The zero-order chi connectivity index (χ0) is 14.7. The lowest BCUT2D eigenvalue weighted by Crippen LogP contribution is -2.05. The third-order valence-electron chi connectivity index (χ3n) is 3.38. The minimum absolute atomic E-state index is 0.429. The number of aromatic nitrogens is 1. The van der Waals surface area contributed by atoms with Crippen LogP contribution in [0.3, 0.4) is 0 Å². The highest BCUT2D eigenvalue weighted by atomic mass is 16.5. The standard InChI is InChI=1S/C17H22N2O/c1-11(2)14-6-5-7-15(9-14)20-17-16(10-18)12(3)8-13(4)19-17/h5-9,11H,10,18H2,1-4H3. The van der Waals surface area contributed by atoms with Crippen molar-refractivity contribution in [1.29, 1.82) is 0 Å². The molecule has 3 heteroatoms. The van der Waals surface area contributed by atoms with Gasteiger partial charge in [-0.2, -0.15) is 0 Å². The van der Waals surface area contributed by atoms with E-state index in [1.54, 1.807) is 0 Å². The first kappa shape index (κ1) is 14.5. The largest absolute Gasteiger partial charge is 0.439 e. The molecular formula is C17H22N2O. The van der Waals surface area contributed by atoms with Crippen molar-refractivity contribution < 1.29 is 4.74 Å². The second kappa shape index (κ2) is 6.06. The second-order valence-corrected chi connectivity index (χ2v) is 5.40. The molecule has 0 unspecified atom stereocenters. The summed E-state index contributed by atoms with van der Waals surface area (Å²) in [7, 11) is 0. The molecule has 0 saturated carbocycles. The SMILES string of the molecule is Cc1cc(C)c(CN)c(Oc2cccc(C(C)C)c2)n1. The Bertz CT molecular complexity index is 606. The van der Waals surface area contributed by atoms with Crippen LogP contribution in [0.15, 0.2) is 30.3 Å². The lowest BCUT2D eigenvalue weighted by Gasteiger charge is -2.13. The summed E-state index contributed by atoms with van der Waals surface area (Å²) < 4.78 is 5.96. The summed E-state index contributed by atoms with van der Waals surface area (Å²) in [5.41, 5.74) is 10.1. The quantitative estimate of drug-likeness (QED) is 0.911. The number of nitrogens with two attached hydrogens (primary N) is 1. The highest BCUT2D eigenvalue weighted by Crippen LogP contribution is 2.28. The van der Waals surface area contributed by atoms with Gasteiger partial charge in [-0.05, 0) is 49.1 Å². The molecule has 0 spiro atoms. The Morgan fingerprint density at radius 2 is 1.95 bits per heavy atom. The van der Waals surface area contributed by atoms with E-state index in [1.807, 2.05) is 32.0 Å². The van der Waals surface area contributed by atoms with Crippen LogP contribution in [0.2, 0.25) is 0 Å². The summed E-state index contributed by atoms with van der Waals surface area (Å²) in [5.74, 6) is 1.90. The van der Waals surface area contributed by atoms with Crippen molar-refractivity contribution in [2.45, 2.75) is 40.2 Å². The number of pyridine rings is 1. The monoisotopic (exact) mass is 270 g/mol. The summed E-state index contributed by atoms with van der Waals surface area (Å²) in [5, 5.41) is 0. The lowest BCUT2D eigenvalue weighted by atomic mass is 10.0. The smallest absolute Gasteiger partial charge is 0.224 e. The van der Waals surface area contributed by atoms with Crippen LogP contribution in [-0.2, 0) is 6.54 Å². The Labute approximate surface area is 120 Å². The van der Waals surface area contributed by atoms with Gasteiger partial charge in [-0.1, -0.05) is 26.0 Å². The maximum Gasteiger partial charge on any atom is 0.224 e. The molecule has 3 nitrogen and oxygen atoms in total. The van der Waals surface area contributed by atoms with Crippen molar-refractivity contribution in [3.63, 3.8) is 0 Å². The fourth-order valence-corrected chi connectivity index (χ4v) is 2.21. The Morgan fingerprint density at radius 1 is 1.20 bits per heavy atom. The summed E-state index contributed by atoms with van der Waals surface area (Å²) >= 11 is 0. The van der Waals surface area contributed by atoms with Crippen molar-refractivity contribution in [1.82, 2.24) is 4.98 Å². The molecule has 0 aliphatic rings. The van der Waals surface area contributed by atoms with Crippen molar-refractivity contribution in [3.8, 4) is 11.6 Å². The van der Waals surface area contributed by atoms with Gasteiger partial charge in [0.15, 0.2) is 0 Å². The van der Waals surface area contributed by atoms with Crippen LogP contribution in [0.1, 0.15) is 42.1 Å². The number of aryl methyl sites for hydroxylation is 2. The molecule has 2 rings (SSSR count). The molecule has 0 fully saturated rings. The minimum Gasteiger partial charge on any atom is -0.439 e. The van der Waals surface area contributed by atoms with E-state index in [2.05, 4.69) is 31.0 Å². The Hall–Kier alpha value is -1.87. The number of hydrogen-bond acceptors (Lipinski definition) is 3. The first-order valence-electron chi connectivity index (χ1n) is 6.96. The molecule has 0 atom stereocenters. The van der Waals surface area contributed by atoms with Gasteiger partial charge in [0.25, 0.3) is 0 Å². The zero-order valence-corrected chi connectivity index (χ0v) is 12.6. The Kier molecular flexibility index (Phi) is 4.40. The van der Waals surface area contributed by atoms with Gasteiger partial charge in [0, 0.05) is 17.8 Å². The number of benzene rings is 1. The van der Waals surface area contributed by atoms with Gasteiger partial charge in [0.05, 0.1) is 0 Å². The van der Waals surface area contributed by atoms with Crippen molar-refractivity contribution in [2.75, 3.05) is 0 Å². The average molecular weight is 270 g/mol. The van der Waals surface area contributed by atoms with Crippen molar-refractivity contribution in [2.24, 2.45) is 5.73 Å². The predicted octanol–water partition coefficient (Wildman–Crippen LogP) is 4.07. The highest BCUT2D eigenvalue weighted by Gasteiger charge is 2.10. The molecule has 0 aliphatic carbocycles. The van der Waals surface area contributed by atoms with Gasteiger partial charge in [0.2, 0.25) is 5.88 Å². The van der Waals surface area contributed by atoms with Gasteiger partial charge in [-0.3, -0.25) is 0 Å². The Morgan fingerprint density at radius 3 is 2.60 bits per heavy atom. The van der Waals surface area contributed by atoms with E-state index in [9.17, 15) is 0 Å². The number of rotatable bonds is 4. The van der Waals surface area contributed by atoms with Gasteiger partial charge in [-0.25, -0.2) is 4.98 Å². The van der Waals surface area contributed by atoms with Gasteiger partial charge in [0.1, 0.15) is 5.75 Å². The molecule has 106 valence electrons. The predicted molar refractivity (Wildman–Crippen MR) is 82.2 cm³/mol. The lowest BCUT2D eigenvalue weighted by molar-refractivity contribution is 0.453. The van der Waals surface area contributed by atoms with Crippen LogP contribution in [0.5, 0.6) is 11.6 Å². The molecule has 0 aliphatic heterocycles. The van der Waals surface area contributed by atoms with Crippen LogP contribution in [0.4, 0.5) is 0 Å². The fraction of sp³-hybridized carbons (Fsp3) is 0.353. The summed E-state index contributed by atoms with van der Waals surface area (Å²) in [4.78, 5) is 4.47. The molecule has 0 radical (unpaired) electrons. The van der Waals surface area contributed by atoms with E-state index in [4.69, 9.17) is 10.5 Å². The third kappa shape index (κ3) is 3.17. The number of hydrogen-bond donors (Lipinski definition) is 1. The van der Waals surface area contributed by atoms with Gasteiger partial charge < -0.3 is 10.5 Å². The van der Waals surface area contributed by atoms with Crippen molar-refractivity contribution in [3.05, 3.63) is 52.7 Å². The zero-order valence-electron chi connectivity index (χ0n) is 12.6. The van der Waals surface area contributed by atoms with E-state index in [1.165, 1.54) is 5.56 Å². The third-order valence-corrected chi connectivity index (χ3v) is 3.38. The van der Waals surface area contributed by atoms with E-state index in [0.717, 1.165) is 22.6 Å². The molecule has 2 N–H and O–H groups in total. The van der Waals surface area contributed by atoms with E-state index in [0.29, 0.717) is 18.3 Å². The first-order chi connectivity index (χ1) is 9.51. The molecular weight excluding hydrogens is 248 g/mol. The normalized spacial score (nSPS) is 10.9.